The van der Waals surface area contributed by atoms with Crippen molar-refractivity contribution in [3.63, 3.8) is 0 Å². The molecular formula is C55H45NO. The predicted octanol–water partition coefficient (Wildman–Crippen LogP) is 15.6. The SMILES string of the molecule is CC(C)c1ccc(N(c2cc3c(c4ccccc24)-c2ccc4c(c2C3(C)C)C(C)(C)c2ccccc2-4)c2cccc3c2oc2c(-c4ccccc4)cccc23)cc1. The van der Waals surface area contributed by atoms with Gasteiger partial charge in [0.2, 0.25) is 0 Å². The lowest BCUT2D eigenvalue weighted by molar-refractivity contribution is 0.601. The Labute approximate surface area is 335 Å². The molecule has 276 valence electrons. The Bertz CT molecular complexity index is 3090. The first-order chi connectivity index (χ1) is 27.6. The van der Waals surface area contributed by atoms with Gasteiger partial charge in [0.1, 0.15) is 5.58 Å². The Kier molecular flexibility index (Phi) is 7.18. The number of rotatable bonds is 5. The van der Waals surface area contributed by atoms with E-state index in [0.29, 0.717) is 5.92 Å². The Morgan fingerprint density at radius 1 is 0.456 bits per heavy atom. The number of anilines is 3. The van der Waals surface area contributed by atoms with E-state index < -0.39 is 0 Å². The molecular weight excluding hydrogens is 691 g/mol. The third kappa shape index (κ3) is 4.71. The van der Waals surface area contributed by atoms with E-state index in [9.17, 15) is 0 Å². The number of nitrogens with zero attached hydrogens (tertiary/aromatic N) is 1. The molecule has 11 rings (SSSR count). The van der Waals surface area contributed by atoms with Crippen LogP contribution >= 0.6 is 0 Å². The van der Waals surface area contributed by atoms with Crippen LogP contribution in [0.5, 0.6) is 0 Å². The largest absolute Gasteiger partial charge is 0.453 e. The second kappa shape index (κ2) is 12.1. The van der Waals surface area contributed by atoms with Crippen molar-refractivity contribution in [1.82, 2.24) is 0 Å². The molecule has 2 aliphatic rings. The molecule has 0 saturated heterocycles. The normalized spacial score (nSPS) is 14.6. The van der Waals surface area contributed by atoms with Gasteiger partial charge >= 0.3 is 0 Å². The fourth-order valence-corrected chi connectivity index (χ4v) is 10.4. The summed E-state index contributed by atoms with van der Waals surface area (Å²) in [5.74, 6) is 0.431. The number of hydrogen-bond acceptors (Lipinski definition) is 2. The lowest BCUT2D eigenvalue weighted by Gasteiger charge is -2.32. The maximum Gasteiger partial charge on any atom is 0.159 e. The van der Waals surface area contributed by atoms with E-state index >= 15 is 0 Å². The van der Waals surface area contributed by atoms with Crippen molar-refractivity contribution < 1.29 is 4.42 Å². The van der Waals surface area contributed by atoms with Gasteiger partial charge in [-0.25, -0.2) is 0 Å². The number of para-hydroxylation sites is 2. The third-order valence-corrected chi connectivity index (χ3v) is 13.2. The highest BCUT2D eigenvalue weighted by Crippen LogP contribution is 2.61. The molecule has 0 N–H and O–H groups in total. The minimum atomic E-state index is -0.253. The first-order valence-corrected chi connectivity index (χ1v) is 20.4. The average molecular weight is 736 g/mol. The summed E-state index contributed by atoms with van der Waals surface area (Å²) in [5, 5.41) is 4.72. The van der Waals surface area contributed by atoms with Gasteiger partial charge in [0, 0.05) is 38.2 Å². The van der Waals surface area contributed by atoms with Crippen LogP contribution in [0.25, 0.3) is 66.1 Å². The molecule has 57 heavy (non-hydrogen) atoms. The molecule has 9 aromatic rings. The summed E-state index contributed by atoms with van der Waals surface area (Å²) in [6.45, 7) is 14.2. The molecule has 0 spiro atoms. The lowest BCUT2D eigenvalue weighted by Crippen LogP contribution is -2.24. The second-order valence-electron chi connectivity index (χ2n) is 17.5. The van der Waals surface area contributed by atoms with Crippen LogP contribution in [0.15, 0.2) is 162 Å². The van der Waals surface area contributed by atoms with E-state index in [1.165, 1.54) is 60.8 Å². The molecule has 0 saturated carbocycles. The standard InChI is InChI=1S/C55H45NO/c1-33(2)34-26-28-36(29-27-34)56(47-25-15-23-43-42-22-14-21-37(52(42)57-53(43)47)35-16-8-7-9-17-35)48-32-46-49(40-20-11-10-19-39(40)48)44-31-30-41-38-18-12-13-24-45(38)54(3,4)50(41)51(44)55(46,5)6/h7-33H,1-6H3. The molecule has 1 heterocycles. The Morgan fingerprint density at radius 2 is 1.05 bits per heavy atom. The molecule has 0 aliphatic heterocycles. The highest BCUT2D eigenvalue weighted by molar-refractivity contribution is 6.16. The summed E-state index contributed by atoms with van der Waals surface area (Å²) in [7, 11) is 0. The molecule has 0 fully saturated rings. The van der Waals surface area contributed by atoms with E-state index in [1.54, 1.807) is 0 Å². The van der Waals surface area contributed by atoms with Crippen LogP contribution in [-0.4, -0.2) is 0 Å². The van der Waals surface area contributed by atoms with Crippen LogP contribution < -0.4 is 4.90 Å². The molecule has 1 aromatic heterocycles. The van der Waals surface area contributed by atoms with Gasteiger partial charge < -0.3 is 9.32 Å². The van der Waals surface area contributed by atoms with Crippen LogP contribution in [0.1, 0.15) is 75.3 Å². The molecule has 0 amide bonds. The summed E-state index contributed by atoms with van der Waals surface area (Å²) in [6.07, 6.45) is 0. The van der Waals surface area contributed by atoms with Crippen LogP contribution in [0.3, 0.4) is 0 Å². The van der Waals surface area contributed by atoms with Gasteiger partial charge in [-0.3, -0.25) is 0 Å². The highest BCUT2D eigenvalue weighted by atomic mass is 16.3. The van der Waals surface area contributed by atoms with Crippen LogP contribution in [0, 0.1) is 0 Å². The molecule has 2 aliphatic carbocycles. The van der Waals surface area contributed by atoms with Gasteiger partial charge in [-0.15, -0.1) is 0 Å². The maximum atomic E-state index is 7.11. The fourth-order valence-electron chi connectivity index (χ4n) is 10.4. The van der Waals surface area contributed by atoms with E-state index in [4.69, 9.17) is 4.42 Å². The first-order valence-electron chi connectivity index (χ1n) is 20.4. The smallest absolute Gasteiger partial charge is 0.159 e. The molecule has 2 heteroatoms. The molecule has 0 radical (unpaired) electrons. The summed E-state index contributed by atoms with van der Waals surface area (Å²) in [6, 6.07) is 58.3. The van der Waals surface area contributed by atoms with E-state index in [0.717, 1.165) is 50.1 Å². The van der Waals surface area contributed by atoms with Crippen LogP contribution in [0.4, 0.5) is 17.1 Å². The zero-order chi connectivity index (χ0) is 38.8. The summed E-state index contributed by atoms with van der Waals surface area (Å²) in [4.78, 5) is 2.46. The summed E-state index contributed by atoms with van der Waals surface area (Å²) in [5.41, 5.74) is 19.4. The summed E-state index contributed by atoms with van der Waals surface area (Å²) < 4.78 is 7.11. The number of furan rings is 1. The van der Waals surface area contributed by atoms with Crippen molar-refractivity contribution in [2.75, 3.05) is 4.90 Å². The van der Waals surface area contributed by atoms with E-state index in [-0.39, 0.29) is 10.8 Å². The fraction of sp³-hybridized carbons (Fsp3) is 0.164. The van der Waals surface area contributed by atoms with Crippen molar-refractivity contribution in [2.45, 2.75) is 58.3 Å². The monoisotopic (exact) mass is 735 g/mol. The Balaban J connectivity index is 1.20. The number of hydrogen-bond donors (Lipinski definition) is 0. The molecule has 8 aromatic carbocycles. The van der Waals surface area contributed by atoms with Gasteiger partial charge in [0.15, 0.2) is 5.58 Å². The van der Waals surface area contributed by atoms with Gasteiger partial charge in [0.05, 0.1) is 11.4 Å². The Morgan fingerprint density at radius 3 is 1.82 bits per heavy atom. The van der Waals surface area contributed by atoms with Crippen LogP contribution in [0.2, 0.25) is 0 Å². The topological polar surface area (TPSA) is 16.4 Å². The van der Waals surface area contributed by atoms with Crippen molar-refractivity contribution >= 4 is 49.8 Å². The molecule has 2 nitrogen and oxygen atoms in total. The number of benzene rings is 8. The van der Waals surface area contributed by atoms with E-state index in [1.807, 2.05) is 0 Å². The first kappa shape index (κ1) is 33.9. The second-order valence-corrected chi connectivity index (χ2v) is 17.5. The minimum absolute atomic E-state index is 0.116. The number of fused-ring (bicyclic) bond motifs is 12. The zero-order valence-electron chi connectivity index (χ0n) is 33.4. The van der Waals surface area contributed by atoms with Gasteiger partial charge in [-0.2, -0.15) is 0 Å². The van der Waals surface area contributed by atoms with Crippen LogP contribution in [-0.2, 0) is 10.8 Å². The molecule has 0 bridgehead atoms. The zero-order valence-corrected chi connectivity index (χ0v) is 33.4. The molecule has 0 unspecified atom stereocenters. The van der Waals surface area contributed by atoms with Crippen molar-refractivity contribution in [2.24, 2.45) is 0 Å². The quantitative estimate of drug-likeness (QED) is 0.175. The minimum Gasteiger partial charge on any atom is -0.453 e. The Hall–Kier alpha value is -6.38. The van der Waals surface area contributed by atoms with Crippen molar-refractivity contribution in [3.05, 3.63) is 186 Å². The molecule has 0 atom stereocenters. The average Bonchev–Trinajstić information content (AvgIpc) is 3.81. The van der Waals surface area contributed by atoms with Gasteiger partial charge in [-0.1, -0.05) is 175 Å². The van der Waals surface area contributed by atoms with Crippen molar-refractivity contribution in [3.8, 4) is 33.4 Å². The van der Waals surface area contributed by atoms with Crippen molar-refractivity contribution in [1.29, 1.82) is 0 Å². The maximum absolute atomic E-state index is 7.11. The van der Waals surface area contributed by atoms with Gasteiger partial charge in [-0.05, 0) is 91.2 Å². The third-order valence-electron chi connectivity index (χ3n) is 13.2. The van der Waals surface area contributed by atoms with E-state index in [2.05, 4.69) is 204 Å². The van der Waals surface area contributed by atoms with Gasteiger partial charge in [0.25, 0.3) is 0 Å². The lowest BCUT2D eigenvalue weighted by atomic mass is 9.72. The highest BCUT2D eigenvalue weighted by Gasteiger charge is 2.46. The predicted molar refractivity (Wildman–Crippen MR) is 241 cm³/mol. The summed E-state index contributed by atoms with van der Waals surface area (Å²) >= 11 is 0.